The highest BCUT2D eigenvalue weighted by atomic mass is 16.3. The molecule has 0 unspecified atom stereocenters. The molecular weight excluding hydrogens is 883 g/mol. The van der Waals surface area contributed by atoms with Gasteiger partial charge in [-0.25, -0.2) is 0 Å². The summed E-state index contributed by atoms with van der Waals surface area (Å²) in [4.78, 5) is 2.46. The van der Waals surface area contributed by atoms with E-state index in [1.54, 1.807) is 0 Å². The highest BCUT2D eigenvalue weighted by Gasteiger charge is 2.38. The Morgan fingerprint density at radius 2 is 0.904 bits per heavy atom. The number of hydrogen-bond acceptors (Lipinski definition) is 2. The zero-order valence-electron chi connectivity index (χ0n) is 43.6. The van der Waals surface area contributed by atoms with Crippen molar-refractivity contribution in [3.8, 4) is 55.6 Å². The van der Waals surface area contributed by atoms with Crippen molar-refractivity contribution in [1.82, 2.24) is 0 Å². The number of aryl methyl sites for hydroxylation is 3. The van der Waals surface area contributed by atoms with E-state index in [-0.39, 0.29) is 10.8 Å². The molecule has 2 aliphatic carbocycles. The first kappa shape index (κ1) is 47.1. The van der Waals surface area contributed by atoms with Crippen molar-refractivity contribution < 1.29 is 4.42 Å². The molecule has 0 radical (unpaired) electrons. The number of furan rings is 1. The molecule has 0 fully saturated rings. The zero-order valence-corrected chi connectivity index (χ0v) is 43.6. The summed E-state index contributed by atoms with van der Waals surface area (Å²) in [6, 6.07) is 79.5. The van der Waals surface area contributed by atoms with Crippen LogP contribution in [0.1, 0.15) is 80.5 Å². The maximum absolute atomic E-state index is 6.67. The highest BCUT2D eigenvalue weighted by Crippen LogP contribution is 2.55. The van der Waals surface area contributed by atoms with E-state index < -0.39 is 0 Å². The fourth-order valence-electron chi connectivity index (χ4n) is 11.7. The topological polar surface area (TPSA) is 16.4 Å². The largest absolute Gasteiger partial charge is 0.456 e. The van der Waals surface area contributed by atoms with Crippen LogP contribution < -0.4 is 4.90 Å². The van der Waals surface area contributed by atoms with Gasteiger partial charge in [-0.15, -0.1) is 0 Å². The molecule has 10 aromatic carbocycles. The Labute approximate surface area is 432 Å². The van der Waals surface area contributed by atoms with E-state index >= 15 is 0 Å². The van der Waals surface area contributed by atoms with Crippen LogP contribution in [-0.4, -0.2) is 0 Å². The van der Waals surface area contributed by atoms with Gasteiger partial charge >= 0.3 is 0 Å². The molecule has 11 aromatic rings. The third-order valence-electron chi connectivity index (χ3n) is 15.5. The lowest BCUT2D eigenvalue weighted by Crippen LogP contribution is -2.16. The molecule has 0 N–H and O–H groups in total. The van der Waals surface area contributed by atoms with Gasteiger partial charge in [0.25, 0.3) is 0 Å². The lowest BCUT2D eigenvalue weighted by Gasteiger charge is -2.29. The van der Waals surface area contributed by atoms with Crippen LogP contribution in [0.5, 0.6) is 0 Å². The van der Waals surface area contributed by atoms with Crippen molar-refractivity contribution in [3.63, 3.8) is 0 Å². The minimum atomic E-state index is -0.126. The first-order valence-corrected chi connectivity index (χ1v) is 26.0. The second-order valence-electron chi connectivity index (χ2n) is 20.6. The SMILES string of the molecule is CC.Cc1ccc2c(c1)C(C)(C)c1ccccc1-2.Cc1ccccc1-c1cc(-c2ccc3oc4cccc(N(c5ccc(-c6ccccc6)cc5)c5cccc6c5-c5ccccc5C6(C)C)c4c3c2)ccc1C. The molecule has 0 saturated heterocycles. The third kappa shape index (κ3) is 8.07. The zero-order chi connectivity index (χ0) is 50.6. The third-order valence-corrected chi connectivity index (χ3v) is 15.5. The molecule has 358 valence electrons. The molecule has 1 aromatic heterocycles. The molecule has 13 rings (SSSR count). The van der Waals surface area contributed by atoms with Gasteiger partial charge in [-0.05, 0) is 153 Å². The number of anilines is 3. The molecule has 0 atom stereocenters. The molecule has 2 nitrogen and oxygen atoms in total. The van der Waals surface area contributed by atoms with Gasteiger partial charge in [0.1, 0.15) is 11.2 Å². The van der Waals surface area contributed by atoms with Crippen molar-refractivity contribution >= 4 is 39.0 Å². The fourth-order valence-corrected chi connectivity index (χ4v) is 11.7. The lowest BCUT2D eigenvalue weighted by atomic mass is 9.82. The van der Waals surface area contributed by atoms with E-state index in [4.69, 9.17) is 4.42 Å². The molecule has 2 aliphatic rings. The Balaban J connectivity index is 0.000000269. The van der Waals surface area contributed by atoms with Crippen LogP contribution in [0.4, 0.5) is 17.1 Å². The molecule has 0 aliphatic heterocycles. The summed E-state index contributed by atoms with van der Waals surface area (Å²) in [6.07, 6.45) is 0. The summed E-state index contributed by atoms with van der Waals surface area (Å²) in [5.41, 5.74) is 27.3. The van der Waals surface area contributed by atoms with E-state index in [1.807, 2.05) is 13.8 Å². The van der Waals surface area contributed by atoms with Gasteiger partial charge < -0.3 is 9.32 Å². The number of hydrogen-bond donors (Lipinski definition) is 0. The van der Waals surface area contributed by atoms with Crippen LogP contribution in [0.2, 0.25) is 0 Å². The molecular formula is C71H63NO. The van der Waals surface area contributed by atoms with E-state index in [0.717, 1.165) is 44.6 Å². The van der Waals surface area contributed by atoms with Crippen LogP contribution in [0.15, 0.2) is 223 Å². The van der Waals surface area contributed by atoms with E-state index in [9.17, 15) is 0 Å². The Kier molecular flexibility index (Phi) is 12.1. The van der Waals surface area contributed by atoms with Crippen molar-refractivity contribution in [2.75, 3.05) is 4.90 Å². The standard InChI is InChI=1S/C53H41NO.C16H16.C2H6/c1-34-14-8-9-17-41(34)43-32-38(25-24-35(43)2)39-28-31-49-44(33-39)52-48(22-13-23-50(52)55-49)54(40-29-26-37(27-30-40)36-15-6-5-7-16-36)47-21-12-20-46-51(47)42-18-10-11-19-45(42)53(46,3)4;1-11-8-9-13-12-6-4-5-7-14(12)16(2,3)15(13)10-11;1-2/h5-33H,1-4H3;4-10H,1-3H3;1-2H3. The van der Waals surface area contributed by atoms with Gasteiger partial charge in [0.05, 0.1) is 16.8 Å². The van der Waals surface area contributed by atoms with Gasteiger partial charge in [-0.2, -0.15) is 0 Å². The maximum atomic E-state index is 6.67. The van der Waals surface area contributed by atoms with E-state index in [0.29, 0.717) is 0 Å². The minimum absolute atomic E-state index is 0.126. The Bertz CT molecular complexity index is 3850. The summed E-state index contributed by atoms with van der Waals surface area (Å²) in [6.45, 7) is 19.9. The second-order valence-corrected chi connectivity index (χ2v) is 20.6. The Morgan fingerprint density at radius 3 is 1.66 bits per heavy atom. The molecule has 0 amide bonds. The van der Waals surface area contributed by atoms with Crippen molar-refractivity contribution in [1.29, 1.82) is 0 Å². The van der Waals surface area contributed by atoms with Gasteiger partial charge in [0, 0.05) is 27.5 Å². The van der Waals surface area contributed by atoms with Crippen LogP contribution in [0.25, 0.3) is 77.6 Å². The average molecular weight is 946 g/mol. The summed E-state index contributed by atoms with van der Waals surface area (Å²) in [7, 11) is 0. The van der Waals surface area contributed by atoms with Crippen LogP contribution in [0.3, 0.4) is 0 Å². The van der Waals surface area contributed by atoms with Crippen molar-refractivity contribution in [2.45, 2.75) is 73.1 Å². The summed E-state index contributed by atoms with van der Waals surface area (Å²) >= 11 is 0. The number of rotatable bonds is 6. The van der Waals surface area contributed by atoms with Gasteiger partial charge in [0.15, 0.2) is 0 Å². The molecule has 0 bridgehead atoms. The predicted molar refractivity (Wildman–Crippen MR) is 312 cm³/mol. The molecule has 73 heavy (non-hydrogen) atoms. The van der Waals surface area contributed by atoms with Crippen LogP contribution >= 0.6 is 0 Å². The van der Waals surface area contributed by atoms with Gasteiger partial charge in [0.2, 0.25) is 0 Å². The molecule has 1 heterocycles. The average Bonchev–Trinajstić information content (AvgIpc) is 4.00. The normalized spacial score (nSPS) is 13.2. The lowest BCUT2D eigenvalue weighted by molar-refractivity contribution is 0.660. The van der Waals surface area contributed by atoms with Gasteiger partial charge in [-0.1, -0.05) is 217 Å². The van der Waals surface area contributed by atoms with Crippen LogP contribution in [0, 0.1) is 20.8 Å². The molecule has 0 spiro atoms. The second kappa shape index (κ2) is 18.8. The molecule has 2 heteroatoms. The first-order valence-electron chi connectivity index (χ1n) is 26.0. The Morgan fingerprint density at radius 1 is 0.356 bits per heavy atom. The van der Waals surface area contributed by atoms with E-state index in [2.05, 4.69) is 272 Å². The predicted octanol–water partition coefficient (Wildman–Crippen LogP) is 20.3. The molecule has 0 saturated carbocycles. The monoisotopic (exact) mass is 945 g/mol. The summed E-state index contributed by atoms with van der Waals surface area (Å²) in [5.74, 6) is 0. The highest BCUT2D eigenvalue weighted by molar-refractivity contribution is 6.15. The van der Waals surface area contributed by atoms with Gasteiger partial charge in [-0.3, -0.25) is 0 Å². The number of nitrogens with zero attached hydrogens (tertiary/aromatic N) is 1. The maximum Gasteiger partial charge on any atom is 0.137 e. The first-order chi connectivity index (χ1) is 35.5. The quantitative estimate of drug-likeness (QED) is 0.165. The number of fused-ring (bicyclic) bond motifs is 9. The smallest absolute Gasteiger partial charge is 0.137 e. The summed E-state index contributed by atoms with van der Waals surface area (Å²) in [5, 5.41) is 2.20. The fraction of sp³-hybridized carbons (Fsp3) is 0.155. The van der Waals surface area contributed by atoms with Crippen molar-refractivity contribution in [2.24, 2.45) is 0 Å². The minimum Gasteiger partial charge on any atom is -0.456 e. The van der Waals surface area contributed by atoms with Crippen LogP contribution in [-0.2, 0) is 10.8 Å². The van der Waals surface area contributed by atoms with E-state index in [1.165, 1.54) is 89.0 Å². The van der Waals surface area contributed by atoms with Crippen molar-refractivity contribution in [3.05, 3.63) is 257 Å². The Hall–Kier alpha value is -8.20. The summed E-state index contributed by atoms with van der Waals surface area (Å²) < 4.78 is 6.67. The number of benzene rings is 10.